The van der Waals surface area contributed by atoms with Crippen LogP contribution in [0.2, 0.25) is 0 Å². The highest BCUT2D eigenvalue weighted by molar-refractivity contribution is 5.95. The van der Waals surface area contributed by atoms with Crippen LogP contribution in [0.5, 0.6) is 0 Å². The van der Waals surface area contributed by atoms with Crippen LogP contribution < -0.4 is 10.2 Å². The average molecular weight is 246 g/mol. The Kier molecular flexibility index (Phi) is 4.37. The molecule has 0 aliphatic carbocycles. The van der Waals surface area contributed by atoms with E-state index >= 15 is 0 Å². The molecule has 3 heteroatoms. The van der Waals surface area contributed by atoms with Crippen molar-refractivity contribution in [1.82, 2.24) is 5.32 Å². The SMILES string of the molecule is CCN(C(=O)[C@@H]1CCCNC1)c1ccccc1C. The molecular formula is C15H22N2O. The van der Waals surface area contributed by atoms with Crippen LogP contribution in [0.3, 0.4) is 0 Å². The normalized spacial score (nSPS) is 19.6. The maximum absolute atomic E-state index is 12.6. The van der Waals surface area contributed by atoms with Gasteiger partial charge in [0.15, 0.2) is 0 Å². The van der Waals surface area contributed by atoms with Gasteiger partial charge in [0.05, 0.1) is 5.92 Å². The zero-order valence-electron chi connectivity index (χ0n) is 11.3. The van der Waals surface area contributed by atoms with E-state index in [0.717, 1.165) is 43.7 Å². The molecule has 18 heavy (non-hydrogen) atoms. The summed E-state index contributed by atoms with van der Waals surface area (Å²) in [4.78, 5) is 14.5. The summed E-state index contributed by atoms with van der Waals surface area (Å²) in [6, 6.07) is 8.11. The summed E-state index contributed by atoms with van der Waals surface area (Å²) in [5.74, 6) is 0.400. The van der Waals surface area contributed by atoms with E-state index in [2.05, 4.69) is 18.3 Å². The molecule has 1 saturated heterocycles. The first-order chi connectivity index (χ1) is 8.74. The summed E-state index contributed by atoms with van der Waals surface area (Å²) in [7, 11) is 0. The fraction of sp³-hybridized carbons (Fsp3) is 0.533. The van der Waals surface area contributed by atoms with E-state index in [1.165, 1.54) is 0 Å². The molecule has 1 N–H and O–H groups in total. The van der Waals surface area contributed by atoms with Crippen molar-refractivity contribution in [2.75, 3.05) is 24.5 Å². The van der Waals surface area contributed by atoms with Crippen molar-refractivity contribution in [2.24, 2.45) is 5.92 Å². The van der Waals surface area contributed by atoms with Crippen molar-refractivity contribution < 1.29 is 4.79 Å². The van der Waals surface area contributed by atoms with Crippen LogP contribution in [0.1, 0.15) is 25.3 Å². The van der Waals surface area contributed by atoms with Crippen LogP contribution in [-0.2, 0) is 4.79 Å². The van der Waals surface area contributed by atoms with Gasteiger partial charge < -0.3 is 10.2 Å². The molecule has 1 aliphatic rings. The second-order valence-electron chi connectivity index (χ2n) is 4.91. The standard InChI is InChI=1S/C15H22N2O/c1-3-17(14-9-5-4-7-12(14)2)15(18)13-8-6-10-16-11-13/h4-5,7,9,13,16H,3,6,8,10-11H2,1-2H3/t13-/m1/s1. The number of nitrogens with zero attached hydrogens (tertiary/aromatic N) is 1. The highest BCUT2D eigenvalue weighted by atomic mass is 16.2. The highest BCUT2D eigenvalue weighted by Gasteiger charge is 2.26. The van der Waals surface area contributed by atoms with Crippen molar-refractivity contribution in [3.8, 4) is 0 Å². The number of amides is 1. The van der Waals surface area contributed by atoms with Crippen molar-refractivity contribution in [3.05, 3.63) is 29.8 Å². The molecule has 0 radical (unpaired) electrons. The van der Waals surface area contributed by atoms with Gasteiger partial charge >= 0.3 is 0 Å². The van der Waals surface area contributed by atoms with Gasteiger partial charge in [-0.3, -0.25) is 4.79 Å². The molecule has 1 atom stereocenters. The Bertz CT molecular complexity index is 411. The van der Waals surface area contributed by atoms with Gasteiger partial charge in [-0.2, -0.15) is 0 Å². The van der Waals surface area contributed by atoms with Crippen LogP contribution in [-0.4, -0.2) is 25.5 Å². The molecule has 1 fully saturated rings. The Morgan fingerprint density at radius 1 is 1.44 bits per heavy atom. The number of para-hydroxylation sites is 1. The topological polar surface area (TPSA) is 32.3 Å². The van der Waals surface area contributed by atoms with Crippen molar-refractivity contribution in [2.45, 2.75) is 26.7 Å². The van der Waals surface area contributed by atoms with Gasteiger partial charge in [0.2, 0.25) is 5.91 Å². The van der Waals surface area contributed by atoms with E-state index in [1.54, 1.807) is 0 Å². The molecule has 98 valence electrons. The highest BCUT2D eigenvalue weighted by Crippen LogP contribution is 2.23. The molecule has 1 aromatic carbocycles. The summed E-state index contributed by atoms with van der Waals surface area (Å²) in [5.41, 5.74) is 2.21. The number of benzene rings is 1. The molecule has 1 aliphatic heterocycles. The Morgan fingerprint density at radius 2 is 2.22 bits per heavy atom. The molecule has 1 amide bonds. The van der Waals surface area contributed by atoms with Gasteiger partial charge in [-0.25, -0.2) is 0 Å². The predicted octanol–water partition coefficient (Wildman–Crippen LogP) is 2.35. The lowest BCUT2D eigenvalue weighted by Crippen LogP contribution is -2.43. The molecule has 0 aromatic heterocycles. The van der Waals surface area contributed by atoms with Crippen LogP contribution in [0.4, 0.5) is 5.69 Å². The number of hydrogen-bond donors (Lipinski definition) is 1. The maximum Gasteiger partial charge on any atom is 0.231 e. The van der Waals surface area contributed by atoms with Gasteiger partial charge in [-0.05, 0) is 44.9 Å². The number of hydrogen-bond acceptors (Lipinski definition) is 2. The minimum Gasteiger partial charge on any atom is -0.316 e. The monoisotopic (exact) mass is 246 g/mol. The molecule has 2 rings (SSSR count). The lowest BCUT2D eigenvalue weighted by atomic mass is 9.97. The quantitative estimate of drug-likeness (QED) is 0.888. The van der Waals surface area contributed by atoms with Gasteiger partial charge in [0, 0.05) is 18.8 Å². The average Bonchev–Trinajstić information content (AvgIpc) is 2.42. The van der Waals surface area contributed by atoms with E-state index in [1.807, 2.05) is 30.0 Å². The number of aryl methyl sites for hydroxylation is 1. The second-order valence-corrected chi connectivity index (χ2v) is 4.91. The molecule has 0 spiro atoms. The largest absolute Gasteiger partial charge is 0.316 e. The van der Waals surface area contributed by atoms with Crippen molar-refractivity contribution in [3.63, 3.8) is 0 Å². The molecule has 0 bridgehead atoms. The third kappa shape index (κ3) is 2.72. The fourth-order valence-corrected chi connectivity index (χ4v) is 2.59. The van der Waals surface area contributed by atoms with E-state index in [4.69, 9.17) is 0 Å². The van der Waals surface area contributed by atoms with Gasteiger partial charge in [0.25, 0.3) is 0 Å². The summed E-state index contributed by atoms with van der Waals surface area (Å²) in [5, 5.41) is 3.31. The van der Waals surface area contributed by atoms with Crippen molar-refractivity contribution >= 4 is 11.6 Å². The first kappa shape index (κ1) is 13.1. The number of carbonyl (C=O) groups excluding carboxylic acids is 1. The van der Waals surface area contributed by atoms with Crippen LogP contribution in [0, 0.1) is 12.8 Å². The van der Waals surface area contributed by atoms with E-state index in [-0.39, 0.29) is 11.8 Å². The Hall–Kier alpha value is -1.35. The zero-order valence-corrected chi connectivity index (χ0v) is 11.3. The van der Waals surface area contributed by atoms with Crippen molar-refractivity contribution in [1.29, 1.82) is 0 Å². The Balaban J connectivity index is 2.17. The predicted molar refractivity (Wildman–Crippen MR) is 74.8 cm³/mol. The van der Waals surface area contributed by atoms with E-state index in [9.17, 15) is 4.79 Å². The molecule has 3 nitrogen and oxygen atoms in total. The van der Waals surface area contributed by atoms with Crippen LogP contribution in [0.15, 0.2) is 24.3 Å². The maximum atomic E-state index is 12.6. The minimum absolute atomic E-state index is 0.137. The van der Waals surface area contributed by atoms with Crippen LogP contribution in [0.25, 0.3) is 0 Å². The Morgan fingerprint density at radius 3 is 2.83 bits per heavy atom. The smallest absolute Gasteiger partial charge is 0.231 e. The molecular weight excluding hydrogens is 224 g/mol. The number of anilines is 1. The van der Waals surface area contributed by atoms with Gasteiger partial charge in [0.1, 0.15) is 0 Å². The zero-order chi connectivity index (χ0) is 13.0. The number of rotatable bonds is 3. The first-order valence-corrected chi connectivity index (χ1v) is 6.81. The summed E-state index contributed by atoms with van der Waals surface area (Å²) in [6.45, 7) is 6.70. The second kappa shape index (κ2) is 6.01. The summed E-state index contributed by atoms with van der Waals surface area (Å²) >= 11 is 0. The lowest BCUT2D eigenvalue weighted by Gasteiger charge is -2.29. The van der Waals surface area contributed by atoms with E-state index < -0.39 is 0 Å². The molecule has 0 saturated carbocycles. The minimum atomic E-state index is 0.137. The van der Waals surface area contributed by atoms with Gasteiger partial charge in [-0.1, -0.05) is 18.2 Å². The number of nitrogens with one attached hydrogen (secondary N) is 1. The van der Waals surface area contributed by atoms with Crippen LogP contribution >= 0.6 is 0 Å². The van der Waals surface area contributed by atoms with Gasteiger partial charge in [-0.15, -0.1) is 0 Å². The number of carbonyl (C=O) groups is 1. The fourth-order valence-electron chi connectivity index (χ4n) is 2.59. The molecule has 1 aromatic rings. The number of piperidine rings is 1. The summed E-state index contributed by atoms with van der Waals surface area (Å²) in [6.07, 6.45) is 2.11. The molecule has 1 heterocycles. The third-order valence-electron chi connectivity index (χ3n) is 3.63. The van der Waals surface area contributed by atoms with E-state index in [0.29, 0.717) is 0 Å². The molecule has 0 unspecified atom stereocenters. The lowest BCUT2D eigenvalue weighted by molar-refractivity contribution is -0.122. The first-order valence-electron chi connectivity index (χ1n) is 6.81. The third-order valence-corrected chi connectivity index (χ3v) is 3.63. The summed E-state index contributed by atoms with van der Waals surface area (Å²) < 4.78 is 0. The Labute approximate surface area is 109 Å².